The van der Waals surface area contributed by atoms with E-state index >= 15 is 0 Å². The zero-order chi connectivity index (χ0) is 29.9. The molecule has 0 amide bonds. The van der Waals surface area contributed by atoms with Gasteiger partial charge in [-0.3, -0.25) is 4.79 Å². The summed E-state index contributed by atoms with van der Waals surface area (Å²) in [5.41, 5.74) is -2.52. The lowest BCUT2D eigenvalue weighted by atomic mass is 9.86. The average Bonchev–Trinajstić information content (AvgIpc) is 2.92. The van der Waals surface area contributed by atoms with Crippen molar-refractivity contribution in [1.82, 2.24) is 0 Å². The summed E-state index contributed by atoms with van der Waals surface area (Å²) in [4.78, 5) is 13.4. The van der Waals surface area contributed by atoms with E-state index in [1.807, 2.05) is 0 Å². The van der Waals surface area contributed by atoms with Crippen LogP contribution in [0, 0.1) is 0 Å². The molecular formula is C26H28O15. The van der Waals surface area contributed by atoms with Crippen LogP contribution in [0.1, 0.15) is 29.8 Å². The van der Waals surface area contributed by atoms with Crippen LogP contribution in [0.4, 0.5) is 0 Å². The van der Waals surface area contributed by atoms with Crippen molar-refractivity contribution in [2.45, 2.75) is 61.5 Å². The number of phenolic OH excluding ortho intramolecular Hbond substituents is 4. The molecule has 0 aliphatic carbocycles. The van der Waals surface area contributed by atoms with Crippen LogP contribution in [0.3, 0.4) is 0 Å². The molecule has 0 bridgehead atoms. The van der Waals surface area contributed by atoms with Crippen molar-refractivity contribution >= 4 is 11.0 Å². The van der Waals surface area contributed by atoms with Gasteiger partial charge in [-0.15, -0.1) is 0 Å². The fraction of sp³-hybridized carbons (Fsp3) is 0.423. The zero-order valence-electron chi connectivity index (χ0n) is 21.0. The molecule has 41 heavy (non-hydrogen) atoms. The SMILES string of the molecule is O=c1cc(-c2ccc(O)c(O)c2)oc2c([C@@H]3O[C@H](CO)[C@@H](O)[C@H](O)[C@H]3O)c(O)c(C3CC(O)C(O)C(O)O3)c(O)c12. The highest BCUT2D eigenvalue weighted by molar-refractivity contribution is 5.92. The summed E-state index contributed by atoms with van der Waals surface area (Å²) >= 11 is 0. The van der Waals surface area contributed by atoms with Crippen LogP contribution in [0.5, 0.6) is 23.0 Å². The minimum absolute atomic E-state index is 0.0676. The summed E-state index contributed by atoms with van der Waals surface area (Å²) in [6.07, 6.45) is -16.2. The summed E-state index contributed by atoms with van der Waals surface area (Å²) in [7, 11) is 0. The van der Waals surface area contributed by atoms with E-state index in [-0.39, 0.29) is 11.3 Å². The second-order valence-electron chi connectivity index (χ2n) is 9.97. The van der Waals surface area contributed by atoms with Gasteiger partial charge in [0.25, 0.3) is 0 Å². The molecule has 4 unspecified atom stereocenters. The van der Waals surface area contributed by atoms with Crippen LogP contribution < -0.4 is 5.43 Å². The van der Waals surface area contributed by atoms with E-state index in [1.165, 1.54) is 6.07 Å². The Labute approximate surface area is 229 Å². The molecular weight excluding hydrogens is 552 g/mol. The van der Waals surface area contributed by atoms with Gasteiger partial charge in [-0.1, -0.05) is 0 Å². The van der Waals surface area contributed by atoms with Gasteiger partial charge in [-0.25, -0.2) is 0 Å². The van der Waals surface area contributed by atoms with Crippen LogP contribution in [0.15, 0.2) is 33.5 Å². The topological polar surface area (TPSA) is 271 Å². The van der Waals surface area contributed by atoms with E-state index in [0.717, 1.165) is 18.2 Å². The molecule has 0 spiro atoms. The molecule has 2 aromatic carbocycles. The van der Waals surface area contributed by atoms with Gasteiger partial charge in [0.1, 0.15) is 59.3 Å². The third kappa shape index (κ3) is 4.76. The number of rotatable bonds is 4. The predicted octanol–water partition coefficient (Wildman–Crippen LogP) is -1.70. The second-order valence-corrected chi connectivity index (χ2v) is 9.97. The number of hydrogen-bond acceptors (Lipinski definition) is 15. The van der Waals surface area contributed by atoms with Crippen molar-refractivity contribution in [2.75, 3.05) is 6.61 Å². The van der Waals surface area contributed by atoms with Crippen LogP contribution in [-0.2, 0) is 9.47 Å². The van der Waals surface area contributed by atoms with E-state index in [9.17, 15) is 61.0 Å². The highest BCUT2D eigenvalue weighted by Crippen LogP contribution is 2.50. The number of fused-ring (bicyclic) bond motifs is 1. The summed E-state index contributed by atoms with van der Waals surface area (Å²) in [6, 6.07) is 4.37. The van der Waals surface area contributed by atoms with Gasteiger partial charge in [-0.05, 0) is 18.2 Å². The average molecular weight is 580 g/mol. The fourth-order valence-corrected chi connectivity index (χ4v) is 5.17. The van der Waals surface area contributed by atoms with Crippen LogP contribution in [0.2, 0.25) is 0 Å². The van der Waals surface area contributed by atoms with Crippen LogP contribution in [0.25, 0.3) is 22.3 Å². The lowest BCUT2D eigenvalue weighted by Crippen LogP contribution is -2.55. The normalized spacial score (nSPS) is 32.3. The van der Waals surface area contributed by atoms with E-state index in [4.69, 9.17) is 13.9 Å². The Bertz CT molecular complexity index is 1510. The fourth-order valence-electron chi connectivity index (χ4n) is 5.17. The molecule has 3 aromatic rings. The monoisotopic (exact) mass is 580 g/mol. The Morgan fingerprint density at radius 2 is 1.49 bits per heavy atom. The van der Waals surface area contributed by atoms with E-state index in [0.29, 0.717) is 0 Å². The molecule has 0 saturated carbocycles. The van der Waals surface area contributed by atoms with E-state index in [1.54, 1.807) is 0 Å². The molecule has 2 saturated heterocycles. The van der Waals surface area contributed by atoms with Gasteiger partial charge in [-0.2, -0.15) is 0 Å². The number of ether oxygens (including phenoxy) is 2. The lowest BCUT2D eigenvalue weighted by Gasteiger charge is -2.41. The molecule has 15 nitrogen and oxygen atoms in total. The predicted molar refractivity (Wildman–Crippen MR) is 134 cm³/mol. The molecule has 222 valence electrons. The molecule has 2 aliphatic heterocycles. The second kappa shape index (κ2) is 10.7. The lowest BCUT2D eigenvalue weighted by molar-refractivity contribution is -0.249. The number of aliphatic hydroxyl groups excluding tert-OH is 7. The Kier molecular flexibility index (Phi) is 7.58. The van der Waals surface area contributed by atoms with Gasteiger partial charge in [0.05, 0.1) is 29.9 Å². The quantitative estimate of drug-likeness (QED) is 0.153. The maximum atomic E-state index is 13.4. The van der Waals surface area contributed by atoms with Gasteiger partial charge < -0.3 is 70.1 Å². The van der Waals surface area contributed by atoms with Gasteiger partial charge in [0, 0.05) is 18.1 Å². The first-order valence-electron chi connectivity index (χ1n) is 12.4. The van der Waals surface area contributed by atoms with Crippen molar-refractivity contribution in [2.24, 2.45) is 0 Å². The maximum absolute atomic E-state index is 13.4. The van der Waals surface area contributed by atoms with Gasteiger partial charge in [0.15, 0.2) is 28.8 Å². The Balaban J connectivity index is 1.80. The molecule has 2 aliphatic rings. The molecule has 15 heteroatoms. The van der Waals surface area contributed by atoms with Gasteiger partial charge >= 0.3 is 0 Å². The number of hydrogen-bond donors (Lipinski definition) is 11. The molecule has 1 aromatic heterocycles. The smallest absolute Gasteiger partial charge is 0.197 e. The zero-order valence-corrected chi connectivity index (χ0v) is 21.0. The highest BCUT2D eigenvalue weighted by Gasteiger charge is 2.48. The third-order valence-corrected chi connectivity index (χ3v) is 7.40. The first-order valence-corrected chi connectivity index (χ1v) is 12.4. The molecule has 5 rings (SSSR count). The minimum Gasteiger partial charge on any atom is -0.507 e. The van der Waals surface area contributed by atoms with Crippen LogP contribution >= 0.6 is 0 Å². The first kappa shape index (κ1) is 29.0. The van der Waals surface area contributed by atoms with E-state index in [2.05, 4.69) is 0 Å². The molecule has 11 N–H and O–H groups in total. The minimum atomic E-state index is -1.99. The third-order valence-electron chi connectivity index (χ3n) is 7.40. The summed E-state index contributed by atoms with van der Waals surface area (Å²) in [5, 5.41) is 113. The number of phenols is 4. The largest absolute Gasteiger partial charge is 0.507 e. The van der Waals surface area contributed by atoms with Crippen LogP contribution in [-0.4, -0.2) is 106 Å². The Morgan fingerprint density at radius 1 is 0.780 bits per heavy atom. The van der Waals surface area contributed by atoms with Gasteiger partial charge in [0.2, 0.25) is 0 Å². The number of benzene rings is 2. The van der Waals surface area contributed by atoms with Crippen molar-refractivity contribution in [3.63, 3.8) is 0 Å². The first-order chi connectivity index (χ1) is 19.3. The summed E-state index contributed by atoms with van der Waals surface area (Å²) in [6.45, 7) is -0.838. The highest BCUT2D eigenvalue weighted by atomic mass is 16.6. The van der Waals surface area contributed by atoms with Crippen molar-refractivity contribution in [3.8, 4) is 34.3 Å². The standard InChI is InChI=1S/C26H28O15/c27-6-14-19(33)22(36)23(37)25(40-14)17-21(35)16(13-5-11(31)18(32)26(38)41-13)20(34)15-10(30)4-12(39-24(15)17)7-1-2-8(28)9(29)3-7/h1-4,11,13-14,18-19,22-23,25-29,31-38H,5-6H2/t11?,13?,14-,18?,19-,22+,23-,25+,26?/m1/s1. The van der Waals surface area contributed by atoms with Crippen molar-refractivity contribution in [3.05, 3.63) is 45.6 Å². The summed E-state index contributed by atoms with van der Waals surface area (Å²) < 4.78 is 16.7. The molecule has 2 fully saturated rings. The maximum Gasteiger partial charge on any atom is 0.197 e. The summed E-state index contributed by atoms with van der Waals surface area (Å²) in [5.74, 6) is -3.09. The van der Waals surface area contributed by atoms with E-state index < -0.39 is 119 Å². The number of aromatic hydroxyl groups is 4. The Morgan fingerprint density at radius 3 is 2.12 bits per heavy atom. The molecule has 3 heterocycles. The van der Waals surface area contributed by atoms with Crippen molar-refractivity contribution < 1.29 is 70.1 Å². The Hall–Kier alpha value is -3.51. The number of aliphatic hydroxyl groups is 7. The molecule has 9 atom stereocenters. The molecule has 0 radical (unpaired) electrons. The van der Waals surface area contributed by atoms with Crippen molar-refractivity contribution in [1.29, 1.82) is 0 Å².